The monoisotopic (exact) mass is 340 g/mol. The highest BCUT2D eigenvalue weighted by molar-refractivity contribution is 5.51. The molecule has 3 aromatic carbocycles. The molecule has 126 valence electrons. The number of hydrogen-bond donors (Lipinski definition) is 0. The second-order valence-corrected chi connectivity index (χ2v) is 5.86. The fourth-order valence-electron chi connectivity index (χ4n) is 2.82. The highest BCUT2D eigenvalue weighted by Gasteiger charge is 2.05. The van der Waals surface area contributed by atoms with Gasteiger partial charge in [-0.3, -0.25) is 0 Å². The summed E-state index contributed by atoms with van der Waals surface area (Å²) in [4.78, 5) is 27.8. The number of isocyanates is 2. The van der Waals surface area contributed by atoms with Crippen LogP contribution in [0.3, 0.4) is 0 Å². The summed E-state index contributed by atoms with van der Waals surface area (Å²) in [6.07, 6.45) is 4.70. The van der Waals surface area contributed by atoms with Crippen LogP contribution in [0.1, 0.15) is 22.3 Å². The largest absolute Gasteiger partial charge is 0.240 e. The quantitative estimate of drug-likeness (QED) is 0.478. The zero-order valence-electron chi connectivity index (χ0n) is 14.1. The number of benzene rings is 3. The lowest BCUT2D eigenvalue weighted by atomic mass is 9.95. The molecule has 0 bridgehead atoms. The molecule has 0 unspecified atom stereocenters. The molecule has 0 aliphatic carbocycles. The first-order chi connectivity index (χ1) is 12.8. The third-order valence-corrected chi connectivity index (χ3v) is 4.13. The molecule has 0 aromatic heterocycles. The fourth-order valence-corrected chi connectivity index (χ4v) is 2.82. The Hall–Kier alpha value is -3.58. The van der Waals surface area contributed by atoms with Gasteiger partial charge in [0.25, 0.3) is 0 Å². The molecule has 0 amide bonds. The van der Waals surface area contributed by atoms with Gasteiger partial charge >= 0.3 is 0 Å². The van der Waals surface area contributed by atoms with Crippen molar-refractivity contribution >= 4 is 23.5 Å². The number of nitrogens with zero attached hydrogens (tertiary/aromatic N) is 2. The third kappa shape index (κ3) is 4.49. The van der Waals surface area contributed by atoms with E-state index < -0.39 is 0 Å². The van der Waals surface area contributed by atoms with Crippen molar-refractivity contribution in [3.63, 3.8) is 0 Å². The van der Waals surface area contributed by atoms with Crippen molar-refractivity contribution in [3.8, 4) is 0 Å². The van der Waals surface area contributed by atoms with Gasteiger partial charge in [0.15, 0.2) is 0 Å². The smallest absolute Gasteiger partial charge is 0.211 e. The van der Waals surface area contributed by atoms with Crippen LogP contribution < -0.4 is 0 Å². The van der Waals surface area contributed by atoms with Gasteiger partial charge in [0.05, 0.1) is 11.4 Å². The molecule has 0 aliphatic rings. The highest BCUT2D eigenvalue weighted by atomic mass is 16.1. The van der Waals surface area contributed by atoms with E-state index in [2.05, 4.69) is 22.1 Å². The standard InChI is InChI=1S/C22H16N2O2/c25-15-23-21-9-5-17(6-10-21)13-19-3-1-2-4-20(19)14-18-7-11-22(12-8-18)24-16-26/h1-12H,13-14H2. The Bertz CT molecular complexity index is 897. The van der Waals surface area contributed by atoms with E-state index in [9.17, 15) is 9.59 Å². The van der Waals surface area contributed by atoms with E-state index in [0.29, 0.717) is 11.4 Å². The normalized spacial score (nSPS) is 9.85. The van der Waals surface area contributed by atoms with E-state index >= 15 is 0 Å². The molecular weight excluding hydrogens is 324 g/mol. The summed E-state index contributed by atoms with van der Waals surface area (Å²) in [5.41, 5.74) is 6.00. The molecule has 0 fully saturated rings. The lowest BCUT2D eigenvalue weighted by molar-refractivity contribution is 0.564. The van der Waals surface area contributed by atoms with Crippen LogP contribution in [0.4, 0.5) is 11.4 Å². The average molecular weight is 340 g/mol. The SMILES string of the molecule is O=C=Nc1ccc(Cc2ccccc2Cc2ccc(N=C=O)cc2)cc1. The molecule has 26 heavy (non-hydrogen) atoms. The molecule has 0 N–H and O–H groups in total. The second kappa shape index (κ2) is 8.50. The minimum Gasteiger partial charge on any atom is -0.211 e. The topological polar surface area (TPSA) is 58.9 Å². The third-order valence-electron chi connectivity index (χ3n) is 4.13. The van der Waals surface area contributed by atoms with Crippen molar-refractivity contribution in [3.05, 3.63) is 95.1 Å². The van der Waals surface area contributed by atoms with Gasteiger partial charge in [0.2, 0.25) is 12.2 Å². The Labute approximate surface area is 151 Å². The van der Waals surface area contributed by atoms with Gasteiger partial charge in [-0.15, -0.1) is 0 Å². The van der Waals surface area contributed by atoms with Gasteiger partial charge in [0.1, 0.15) is 0 Å². The van der Waals surface area contributed by atoms with Crippen LogP contribution >= 0.6 is 0 Å². The summed E-state index contributed by atoms with van der Waals surface area (Å²) >= 11 is 0. The minimum atomic E-state index is 0.607. The molecule has 4 nitrogen and oxygen atoms in total. The Morgan fingerprint density at radius 2 is 0.962 bits per heavy atom. The summed E-state index contributed by atoms with van der Waals surface area (Å²) in [5.74, 6) is 0. The van der Waals surface area contributed by atoms with E-state index in [-0.39, 0.29) is 0 Å². The van der Waals surface area contributed by atoms with Crippen molar-refractivity contribution in [2.45, 2.75) is 12.8 Å². The second-order valence-electron chi connectivity index (χ2n) is 5.86. The molecule has 0 spiro atoms. The maximum atomic E-state index is 10.3. The maximum Gasteiger partial charge on any atom is 0.240 e. The number of hydrogen-bond acceptors (Lipinski definition) is 4. The summed E-state index contributed by atoms with van der Waals surface area (Å²) in [7, 11) is 0. The van der Waals surface area contributed by atoms with E-state index in [1.54, 1.807) is 12.2 Å². The van der Waals surface area contributed by atoms with Gasteiger partial charge in [-0.1, -0.05) is 48.5 Å². The molecule has 0 atom stereocenters. The van der Waals surface area contributed by atoms with Gasteiger partial charge in [-0.25, -0.2) is 9.59 Å². The van der Waals surface area contributed by atoms with E-state index in [0.717, 1.165) is 24.0 Å². The van der Waals surface area contributed by atoms with Crippen LogP contribution in [0.25, 0.3) is 0 Å². The molecule has 0 heterocycles. The lowest BCUT2D eigenvalue weighted by Gasteiger charge is -2.10. The fraction of sp³-hybridized carbons (Fsp3) is 0.0909. The van der Waals surface area contributed by atoms with Crippen molar-refractivity contribution < 1.29 is 9.59 Å². The zero-order chi connectivity index (χ0) is 18.2. The summed E-state index contributed by atoms with van der Waals surface area (Å²) in [6.45, 7) is 0. The minimum absolute atomic E-state index is 0.607. The first kappa shape index (κ1) is 17.2. The predicted octanol–water partition coefficient (Wildman–Crippen LogP) is 4.80. The van der Waals surface area contributed by atoms with Gasteiger partial charge in [-0.2, -0.15) is 9.98 Å². The van der Waals surface area contributed by atoms with Crippen LogP contribution in [0.15, 0.2) is 82.8 Å². The zero-order valence-corrected chi connectivity index (χ0v) is 14.1. The summed E-state index contributed by atoms with van der Waals surface area (Å²) in [6, 6.07) is 23.5. The Morgan fingerprint density at radius 1 is 0.577 bits per heavy atom. The first-order valence-corrected chi connectivity index (χ1v) is 8.19. The molecule has 0 saturated heterocycles. The molecule has 0 saturated carbocycles. The number of aliphatic imine (C=N–C) groups is 2. The molecule has 3 rings (SSSR count). The van der Waals surface area contributed by atoms with Gasteiger partial charge < -0.3 is 0 Å². The van der Waals surface area contributed by atoms with E-state index in [1.165, 1.54) is 11.1 Å². The highest BCUT2D eigenvalue weighted by Crippen LogP contribution is 2.21. The molecule has 4 heteroatoms. The Balaban J connectivity index is 1.79. The summed E-state index contributed by atoms with van der Waals surface area (Å²) < 4.78 is 0. The number of carbonyl (C=O) groups excluding carboxylic acids is 2. The lowest BCUT2D eigenvalue weighted by Crippen LogP contribution is -1.97. The van der Waals surface area contributed by atoms with Crippen LogP contribution in [-0.2, 0) is 22.4 Å². The molecule has 0 aliphatic heterocycles. The van der Waals surface area contributed by atoms with Crippen molar-refractivity contribution in [1.82, 2.24) is 0 Å². The van der Waals surface area contributed by atoms with E-state index in [1.807, 2.05) is 60.7 Å². The maximum absolute atomic E-state index is 10.3. The molecule has 3 aromatic rings. The van der Waals surface area contributed by atoms with Crippen LogP contribution in [0, 0.1) is 0 Å². The molecular formula is C22H16N2O2. The first-order valence-electron chi connectivity index (χ1n) is 8.19. The van der Waals surface area contributed by atoms with Crippen LogP contribution in [0.2, 0.25) is 0 Å². The summed E-state index contributed by atoms with van der Waals surface area (Å²) in [5, 5.41) is 0. The molecule has 0 radical (unpaired) electrons. The van der Waals surface area contributed by atoms with Crippen molar-refractivity contribution in [2.75, 3.05) is 0 Å². The number of rotatable bonds is 6. The van der Waals surface area contributed by atoms with E-state index in [4.69, 9.17) is 0 Å². The van der Waals surface area contributed by atoms with Crippen LogP contribution in [0.5, 0.6) is 0 Å². The average Bonchev–Trinajstić information content (AvgIpc) is 2.67. The predicted molar refractivity (Wildman–Crippen MR) is 101 cm³/mol. The Morgan fingerprint density at radius 3 is 1.31 bits per heavy atom. The van der Waals surface area contributed by atoms with Gasteiger partial charge in [0, 0.05) is 0 Å². The Kier molecular flexibility index (Phi) is 5.64. The van der Waals surface area contributed by atoms with Crippen molar-refractivity contribution in [2.24, 2.45) is 9.98 Å². The van der Waals surface area contributed by atoms with Gasteiger partial charge in [-0.05, 0) is 59.4 Å². The van der Waals surface area contributed by atoms with Crippen molar-refractivity contribution in [1.29, 1.82) is 0 Å². The van der Waals surface area contributed by atoms with Crippen LogP contribution in [-0.4, -0.2) is 12.2 Å².